The van der Waals surface area contributed by atoms with E-state index in [9.17, 15) is 0 Å². The van der Waals surface area contributed by atoms with Crippen molar-refractivity contribution in [2.75, 3.05) is 6.54 Å². The summed E-state index contributed by atoms with van der Waals surface area (Å²) >= 11 is 0. The zero-order valence-electron chi connectivity index (χ0n) is 7.92. The predicted molar refractivity (Wildman–Crippen MR) is 52.4 cm³/mol. The topological polar surface area (TPSA) is 54.7 Å². The first-order valence-corrected chi connectivity index (χ1v) is 5.11. The summed E-state index contributed by atoms with van der Waals surface area (Å²) in [5.41, 5.74) is 8.44. The minimum absolute atomic E-state index is 0.725. The van der Waals surface area contributed by atoms with E-state index >= 15 is 0 Å². The van der Waals surface area contributed by atoms with Crippen LogP contribution in [0.25, 0.3) is 0 Å². The maximum absolute atomic E-state index is 5.70. The van der Waals surface area contributed by atoms with Gasteiger partial charge in [-0.2, -0.15) is 5.10 Å². The lowest BCUT2D eigenvalue weighted by atomic mass is 9.90. The average molecular weight is 179 g/mol. The number of hydrogen-bond donors (Lipinski definition) is 2. The molecule has 0 radical (unpaired) electrons. The largest absolute Gasteiger partial charge is 0.330 e. The van der Waals surface area contributed by atoms with Gasteiger partial charge in [0, 0.05) is 5.69 Å². The molecule has 1 aliphatic carbocycles. The first-order chi connectivity index (χ1) is 6.40. The Bertz CT molecular complexity index is 267. The third-order valence-corrected chi connectivity index (χ3v) is 3.00. The lowest BCUT2D eigenvalue weighted by Crippen LogP contribution is -2.17. The Hall–Kier alpha value is -0.830. The van der Waals surface area contributed by atoms with Crippen LogP contribution in [0.3, 0.4) is 0 Å². The van der Waals surface area contributed by atoms with Gasteiger partial charge < -0.3 is 5.73 Å². The number of fused-ring (bicyclic) bond motifs is 1. The summed E-state index contributed by atoms with van der Waals surface area (Å²) in [6.45, 7) is 0.840. The number of aromatic amines is 1. The van der Waals surface area contributed by atoms with Gasteiger partial charge >= 0.3 is 0 Å². The summed E-state index contributed by atoms with van der Waals surface area (Å²) in [5, 5.41) is 7.16. The van der Waals surface area contributed by atoms with Crippen LogP contribution >= 0.6 is 0 Å². The van der Waals surface area contributed by atoms with Crippen LogP contribution in [0.5, 0.6) is 0 Å². The molecule has 3 N–H and O–H groups in total. The smallest absolute Gasteiger partial charge is 0.0522 e. The van der Waals surface area contributed by atoms with Crippen LogP contribution in [-0.4, -0.2) is 16.7 Å². The van der Waals surface area contributed by atoms with Crippen molar-refractivity contribution in [2.45, 2.75) is 32.1 Å². The number of aryl methyl sites for hydroxylation is 2. The minimum Gasteiger partial charge on any atom is -0.330 e. The number of rotatable bonds is 1. The number of nitrogens with one attached hydrogen (secondary N) is 1. The van der Waals surface area contributed by atoms with Crippen molar-refractivity contribution in [1.29, 1.82) is 0 Å². The molecule has 1 heterocycles. The number of H-pyrrole nitrogens is 1. The molecule has 0 aliphatic heterocycles. The standard InChI is InChI=1S/C10H17N3/c11-6-8-2-1-3-10-9(5-4-8)7-12-13-10/h7-8H,1-6,11H2,(H,12,13). The first-order valence-electron chi connectivity index (χ1n) is 5.11. The van der Waals surface area contributed by atoms with E-state index < -0.39 is 0 Å². The average Bonchev–Trinajstić information content (AvgIpc) is 2.52. The molecular formula is C10H17N3. The van der Waals surface area contributed by atoms with E-state index in [4.69, 9.17) is 5.73 Å². The van der Waals surface area contributed by atoms with Crippen LogP contribution in [0, 0.1) is 5.92 Å². The Morgan fingerprint density at radius 3 is 3.23 bits per heavy atom. The van der Waals surface area contributed by atoms with E-state index in [2.05, 4.69) is 10.2 Å². The Morgan fingerprint density at radius 2 is 2.38 bits per heavy atom. The second-order valence-corrected chi connectivity index (χ2v) is 3.91. The predicted octanol–water partition coefficient (Wildman–Crippen LogP) is 1.25. The van der Waals surface area contributed by atoms with Gasteiger partial charge in [0.1, 0.15) is 0 Å². The van der Waals surface area contributed by atoms with Crippen LogP contribution in [0.1, 0.15) is 30.5 Å². The van der Waals surface area contributed by atoms with Crippen molar-refractivity contribution < 1.29 is 0 Å². The number of hydrogen-bond acceptors (Lipinski definition) is 2. The second-order valence-electron chi connectivity index (χ2n) is 3.91. The van der Waals surface area contributed by atoms with Crippen LogP contribution in [0.15, 0.2) is 6.20 Å². The highest BCUT2D eigenvalue weighted by atomic mass is 15.1. The highest BCUT2D eigenvalue weighted by molar-refractivity contribution is 5.17. The molecule has 72 valence electrons. The lowest BCUT2D eigenvalue weighted by molar-refractivity contribution is 0.435. The molecule has 1 atom stereocenters. The van der Waals surface area contributed by atoms with Gasteiger partial charge in [0.2, 0.25) is 0 Å². The molecule has 2 rings (SSSR count). The summed E-state index contributed by atoms with van der Waals surface area (Å²) in [4.78, 5) is 0. The van der Waals surface area contributed by atoms with E-state index in [1.54, 1.807) is 0 Å². The zero-order valence-corrected chi connectivity index (χ0v) is 7.92. The maximum Gasteiger partial charge on any atom is 0.0522 e. The number of nitrogens with zero attached hydrogens (tertiary/aromatic N) is 1. The Morgan fingerprint density at radius 1 is 1.46 bits per heavy atom. The quantitative estimate of drug-likeness (QED) is 0.681. The molecule has 0 saturated carbocycles. The molecule has 0 fully saturated rings. The Kier molecular flexibility index (Phi) is 2.64. The fourth-order valence-corrected chi connectivity index (χ4v) is 2.08. The van der Waals surface area contributed by atoms with Crippen molar-refractivity contribution in [3.05, 3.63) is 17.5 Å². The normalized spacial score (nSPS) is 23.3. The van der Waals surface area contributed by atoms with Crippen molar-refractivity contribution in [2.24, 2.45) is 11.7 Å². The van der Waals surface area contributed by atoms with Crippen LogP contribution < -0.4 is 5.73 Å². The molecule has 0 spiro atoms. The SMILES string of the molecule is NCC1CCCc2[nH]ncc2CC1. The molecule has 0 aromatic carbocycles. The summed E-state index contributed by atoms with van der Waals surface area (Å²) in [5.74, 6) is 0.725. The minimum atomic E-state index is 0.725. The summed E-state index contributed by atoms with van der Waals surface area (Å²) in [6, 6.07) is 0. The van der Waals surface area contributed by atoms with Gasteiger partial charge in [0.25, 0.3) is 0 Å². The number of aromatic nitrogens is 2. The molecule has 3 nitrogen and oxygen atoms in total. The summed E-state index contributed by atoms with van der Waals surface area (Å²) < 4.78 is 0. The maximum atomic E-state index is 5.70. The molecule has 0 saturated heterocycles. The monoisotopic (exact) mass is 179 g/mol. The lowest BCUT2D eigenvalue weighted by Gasteiger charge is -2.17. The fourth-order valence-electron chi connectivity index (χ4n) is 2.08. The van der Waals surface area contributed by atoms with E-state index in [1.165, 1.54) is 30.5 Å². The van der Waals surface area contributed by atoms with Gasteiger partial charge in [-0.05, 0) is 50.1 Å². The summed E-state index contributed by atoms with van der Waals surface area (Å²) in [7, 11) is 0. The molecule has 1 aliphatic rings. The van der Waals surface area contributed by atoms with Gasteiger partial charge in [0.05, 0.1) is 6.20 Å². The highest BCUT2D eigenvalue weighted by Crippen LogP contribution is 2.21. The second kappa shape index (κ2) is 3.92. The Balaban J connectivity index is 2.07. The third-order valence-electron chi connectivity index (χ3n) is 3.00. The van der Waals surface area contributed by atoms with E-state index in [1.807, 2.05) is 6.20 Å². The van der Waals surface area contributed by atoms with Crippen molar-refractivity contribution >= 4 is 0 Å². The van der Waals surface area contributed by atoms with E-state index in [0.29, 0.717) is 0 Å². The molecule has 1 aromatic heterocycles. The van der Waals surface area contributed by atoms with Gasteiger partial charge in [-0.15, -0.1) is 0 Å². The fraction of sp³-hybridized carbons (Fsp3) is 0.700. The highest BCUT2D eigenvalue weighted by Gasteiger charge is 2.14. The van der Waals surface area contributed by atoms with E-state index in [0.717, 1.165) is 25.3 Å². The van der Waals surface area contributed by atoms with Crippen molar-refractivity contribution in [3.8, 4) is 0 Å². The van der Waals surface area contributed by atoms with E-state index in [-0.39, 0.29) is 0 Å². The molecule has 3 heteroatoms. The van der Waals surface area contributed by atoms with Crippen LogP contribution in [0.2, 0.25) is 0 Å². The van der Waals surface area contributed by atoms with Crippen LogP contribution in [0.4, 0.5) is 0 Å². The zero-order chi connectivity index (χ0) is 9.10. The molecule has 13 heavy (non-hydrogen) atoms. The van der Waals surface area contributed by atoms with Crippen LogP contribution in [-0.2, 0) is 12.8 Å². The molecule has 0 amide bonds. The van der Waals surface area contributed by atoms with Crippen molar-refractivity contribution in [3.63, 3.8) is 0 Å². The molecule has 1 aromatic rings. The van der Waals surface area contributed by atoms with Gasteiger partial charge in [0.15, 0.2) is 0 Å². The molecule has 0 bridgehead atoms. The summed E-state index contributed by atoms with van der Waals surface area (Å²) in [6.07, 6.45) is 8.00. The van der Waals surface area contributed by atoms with Gasteiger partial charge in [-0.25, -0.2) is 0 Å². The third kappa shape index (κ3) is 1.91. The van der Waals surface area contributed by atoms with Crippen molar-refractivity contribution in [1.82, 2.24) is 10.2 Å². The van der Waals surface area contributed by atoms with Gasteiger partial charge in [-0.1, -0.05) is 0 Å². The number of nitrogens with two attached hydrogens (primary N) is 1. The Labute approximate surface area is 78.7 Å². The first kappa shape index (κ1) is 8.75. The molecule has 1 unspecified atom stereocenters. The molecular weight excluding hydrogens is 162 g/mol. The van der Waals surface area contributed by atoms with Gasteiger partial charge in [-0.3, -0.25) is 5.10 Å².